The number of fused-ring (bicyclic) bond motifs is 2. The number of aromatic hydroxyl groups is 1. The number of hydrogen-bond donors (Lipinski definition) is 3. The maximum Gasteiger partial charge on any atom is 0.336 e. The van der Waals surface area contributed by atoms with Crippen LogP contribution in [0.2, 0.25) is 0 Å². The van der Waals surface area contributed by atoms with Gasteiger partial charge in [0.15, 0.2) is 11.5 Å². The van der Waals surface area contributed by atoms with Crippen LogP contribution < -0.4 is 9.47 Å². The van der Waals surface area contributed by atoms with Gasteiger partial charge >= 0.3 is 5.97 Å². The molecule has 0 saturated carbocycles. The Balaban J connectivity index is 2.40. The summed E-state index contributed by atoms with van der Waals surface area (Å²) in [5, 5.41) is 29.2. The molecule has 3 rings (SSSR count). The molecular formula is C13H10O6. The summed E-state index contributed by atoms with van der Waals surface area (Å²) in [5.41, 5.74) is 0.102. The Bertz CT molecular complexity index is 691. The van der Waals surface area contributed by atoms with E-state index < -0.39 is 12.6 Å². The lowest BCUT2D eigenvalue weighted by atomic mass is 9.98. The summed E-state index contributed by atoms with van der Waals surface area (Å²) < 4.78 is 10.4. The van der Waals surface area contributed by atoms with E-state index in [1.807, 2.05) is 0 Å². The van der Waals surface area contributed by atoms with Gasteiger partial charge in [0.25, 0.3) is 0 Å². The summed E-state index contributed by atoms with van der Waals surface area (Å²) in [6.45, 7) is -0.370. The van der Waals surface area contributed by atoms with Crippen molar-refractivity contribution in [1.82, 2.24) is 0 Å². The van der Waals surface area contributed by atoms with E-state index in [9.17, 15) is 15.0 Å². The summed E-state index contributed by atoms with van der Waals surface area (Å²) in [4.78, 5) is 11.1. The summed E-state index contributed by atoms with van der Waals surface area (Å²) >= 11 is 0. The molecule has 0 bridgehead atoms. The fourth-order valence-corrected chi connectivity index (χ4v) is 2.21. The van der Waals surface area contributed by atoms with Crippen molar-refractivity contribution in [2.45, 2.75) is 6.61 Å². The zero-order valence-electron chi connectivity index (χ0n) is 9.71. The molecule has 0 aromatic heterocycles. The van der Waals surface area contributed by atoms with Crippen molar-refractivity contribution in [2.75, 3.05) is 6.79 Å². The first-order valence-corrected chi connectivity index (χ1v) is 5.54. The molecule has 3 N–H and O–H groups in total. The molecule has 2 aromatic carbocycles. The molecule has 6 nitrogen and oxygen atoms in total. The highest BCUT2D eigenvalue weighted by Gasteiger charge is 2.21. The lowest BCUT2D eigenvalue weighted by Crippen LogP contribution is -2.03. The van der Waals surface area contributed by atoms with E-state index in [0.717, 1.165) is 6.07 Å². The smallest absolute Gasteiger partial charge is 0.336 e. The van der Waals surface area contributed by atoms with Crippen LogP contribution in [-0.2, 0) is 6.61 Å². The number of carboxylic acids is 1. The Morgan fingerprint density at radius 2 is 1.79 bits per heavy atom. The third-order valence-electron chi connectivity index (χ3n) is 3.11. The molecule has 0 fully saturated rings. The van der Waals surface area contributed by atoms with Crippen LogP contribution in [0.1, 0.15) is 15.9 Å². The van der Waals surface area contributed by atoms with Crippen molar-refractivity contribution in [3.05, 3.63) is 29.3 Å². The van der Waals surface area contributed by atoms with Crippen LogP contribution in [0.5, 0.6) is 17.2 Å². The van der Waals surface area contributed by atoms with Gasteiger partial charge in [0.1, 0.15) is 5.75 Å². The van der Waals surface area contributed by atoms with Gasteiger partial charge in [-0.2, -0.15) is 0 Å². The molecule has 98 valence electrons. The van der Waals surface area contributed by atoms with Crippen molar-refractivity contribution < 1.29 is 29.6 Å². The highest BCUT2D eigenvalue weighted by molar-refractivity contribution is 6.02. The summed E-state index contributed by atoms with van der Waals surface area (Å²) in [7, 11) is 0. The minimum Gasteiger partial charge on any atom is -0.507 e. The van der Waals surface area contributed by atoms with Gasteiger partial charge in [-0.1, -0.05) is 0 Å². The van der Waals surface area contributed by atoms with Gasteiger partial charge in [-0.05, 0) is 23.6 Å². The Labute approximate surface area is 107 Å². The number of aliphatic hydroxyl groups is 1. The van der Waals surface area contributed by atoms with E-state index in [4.69, 9.17) is 14.6 Å². The van der Waals surface area contributed by atoms with Gasteiger partial charge in [0.2, 0.25) is 6.79 Å². The molecule has 0 amide bonds. The number of aliphatic hydroxyl groups excluding tert-OH is 1. The fourth-order valence-electron chi connectivity index (χ4n) is 2.21. The Morgan fingerprint density at radius 1 is 1.16 bits per heavy atom. The lowest BCUT2D eigenvalue weighted by molar-refractivity contribution is 0.0693. The number of ether oxygens (including phenoxy) is 2. The van der Waals surface area contributed by atoms with Crippen molar-refractivity contribution >= 4 is 16.7 Å². The maximum atomic E-state index is 11.1. The van der Waals surface area contributed by atoms with Crippen molar-refractivity contribution in [3.63, 3.8) is 0 Å². The minimum absolute atomic E-state index is 0.0761. The van der Waals surface area contributed by atoms with Crippen LogP contribution in [0, 0.1) is 0 Å². The first-order chi connectivity index (χ1) is 9.11. The van der Waals surface area contributed by atoms with E-state index in [1.165, 1.54) is 0 Å². The van der Waals surface area contributed by atoms with Gasteiger partial charge in [0.05, 0.1) is 12.2 Å². The van der Waals surface area contributed by atoms with Crippen LogP contribution in [0.15, 0.2) is 18.2 Å². The normalized spacial score (nSPS) is 12.9. The second-order valence-corrected chi connectivity index (χ2v) is 4.14. The summed E-state index contributed by atoms with van der Waals surface area (Å²) in [6.07, 6.45) is 0. The van der Waals surface area contributed by atoms with E-state index >= 15 is 0 Å². The fraction of sp³-hybridized carbons (Fsp3) is 0.154. The van der Waals surface area contributed by atoms with Gasteiger partial charge in [-0.15, -0.1) is 0 Å². The standard InChI is InChI=1S/C13H10O6/c14-4-9-6-2-11-12(19-5-18-11)3-7(6)10(15)1-8(9)13(16)17/h1-3,14-15H,4-5H2,(H,16,17). The average molecular weight is 262 g/mol. The van der Waals surface area contributed by atoms with Crippen LogP contribution in [-0.4, -0.2) is 28.1 Å². The molecule has 0 spiro atoms. The van der Waals surface area contributed by atoms with Gasteiger partial charge in [-0.3, -0.25) is 0 Å². The van der Waals surface area contributed by atoms with Crippen LogP contribution in [0.3, 0.4) is 0 Å². The predicted octanol–water partition coefficient (Wildman–Crippen LogP) is 1.46. The highest BCUT2D eigenvalue weighted by Crippen LogP contribution is 2.41. The number of hydrogen-bond acceptors (Lipinski definition) is 5. The number of carboxylic acid groups (broad SMARTS) is 1. The van der Waals surface area contributed by atoms with Crippen LogP contribution in [0.25, 0.3) is 10.8 Å². The molecule has 0 radical (unpaired) electrons. The zero-order valence-corrected chi connectivity index (χ0v) is 9.71. The molecule has 0 saturated heterocycles. The van der Waals surface area contributed by atoms with E-state index in [2.05, 4.69) is 0 Å². The van der Waals surface area contributed by atoms with Crippen molar-refractivity contribution in [3.8, 4) is 17.2 Å². The third kappa shape index (κ3) is 1.65. The molecule has 0 unspecified atom stereocenters. The molecular weight excluding hydrogens is 252 g/mol. The number of rotatable bonds is 2. The SMILES string of the molecule is O=C(O)c1cc(O)c2cc3c(cc2c1CO)OCO3. The Morgan fingerprint density at radius 3 is 2.37 bits per heavy atom. The first-order valence-electron chi connectivity index (χ1n) is 5.54. The largest absolute Gasteiger partial charge is 0.507 e. The quantitative estimate of drug-likeness (QED) is 0.758. The summed E-state index contributed by atoms with van der Waals surface area (Å²) in [5.74, 6) is -0.444. The average Bonchev–Trinajstić information content (AvgIpc) is 2.83. The second kappa shape index (κ2) is 4.03. The monoisotopic (exact) mass is 262 g/mol. The number of aromatic carboxylic acids is 1. The molecule has 6 heteroatoms. The van der Waals surface area contributed by atoms with Crippen LogP contribution in [0.4, 0.5) is 0 Å². The topological polar surface area (TPSA) is 96.2 Å². The second-order valence-electron chi connectivity index (χ2n) is 4.14. The van der Waals surface area contributed by atoms with E-state index in [-0.39, 0.29) is 23.7 Å². The van der Waals surface area contributed by atoms with Crippen molar-refractivity contribution in [1.29, 1.82) is 0 Å². The van der Waals surface area contributed by atoms with E-state index in [0.29, 0.717) is 22.3 Å². The number of carbonyl (C=O) groups is 1. The molecule has 19 heavy (non-hydrogen) atoms. The number of benzene rings is 2. The van der Waals surface area contributed by atoms with Gasteiger partial charge in [0, 0.05) is 10.9 Å². The summed E-state index contributed by atoms with van der Waals surface area (Å²) in [6, 6.07) is 4.26. The number of phenols is 1. The van der Waals surface area contributed by atoms with E-state index in [1.54, 1.807) is 12.1 Å². The maximum absolute atomic E-state index is 11.1. The molecule has 2 aromatic rings. The first kappa shape index (κ1) is 11.6. The van der Waals surface area contributed by atoms with Crippen LogP contribution >= 0.6 is 0 Å². The molecule has 1 aliphatic rings. The zero-order chi connectivity index (χ0) is 13.6. The third-order valence-corrected chi connectivity index (χ3v) is 3.11. The molecule has 1 heterocycles. The van der Waals surface area contributed by atoms with Gasteiger partial charge in [-0.25, -0.2) is 4.79 Å². The Hall–Kier alpha value is -2.47. The number of phenolic OH excluding ortho intramolecular Hbond substituents is 1. The highest BCUT2D eigenvalue weighted by atomic mass is 16.7. The van der Waals surface area contributed by atoms with Crippen molar-refractivity contribution in [2.24, 2.45) is 0 Å². The Kier molecular flexibility index (Phi) is 2.46. The molecule has 1 aliphatic heterocycles. The molecule has 0 atom stereocenters. The minimum atomic E-state index is -1.21. The predicted molar refractivity (Wildman–Crippen MR) is 64.6 cm³/mol. The lowest BCUT2D eigenvalue weighted by Gasteiger charge is -2.11. The molecule has 0 aliphatic carbocycles. The van der Waals surface area contributed by atoms with Gasteiger partial charge < -0.3 is 24.8 Å².